The van der Waals surface area contributed by atoms with Crippen molar-refractivity contribution in [2.75, 3.05) is 11.9 Å². The van der Waals surface area contributed by atoms with E-state index >= 15 is 0 Å². The van der Waals surface area contributed by atoms with Crippen LogP contribution in [-0.2, 0) is 0 Å². The summed E-state index contributed by atoms with van der Waals surface area (Å²) in [6.07, 6.45) is 9.75. The molecule has 0 atom stereocenters. The Labute approximate surface area is 110 Å². The van der Waals surface area contributed by atoms with Crippen LogP contribution in [0, 0.1) is 5.92 Å². The molecule has 0 aliphatic heterocycles. The average molecular weight is 239 g/mol. The number of para-hydroxylation sites is 1. The van der Waals surface area contributed by atoms with Gasteiger partial charge in [0.05, 0.1) is 0 Å². The number of hydrogen-bond acceptors (Lipinski definition) is 1. The van der Waals surface area contributed by atoms with E-state index in [-0.39, 0.29) is 0 Å². The third kappa shape index (κ3) is 2.73. The lowest BCUT2D eigenvalue weighted by Crippen LogP contribution is -2.18. The molecule has 1 heteroatoms. The smallest absolute Gasteiger partial charge is 0.0408 e. The standard InChI is InChI=1S/C17H21N/c1-14(2)16-12-8-5-9-13-17(16)18(3)15-10-6-4-7-11-15/h4-11,13-14H,12H2,1-3H3. The van der Waals surface area contributed by atoms with Gasteiger partial charge in [0.25, 0.3) is 0 Å². The summed E-state index contributed by atoms with van der Waals surface area (Å²) in [4.78, 5) is 2.28. The Morgan fingerprint density at radius 3 is 2.44 bits per heavy atom. The molecule has 0 N–H and O–H groups in total. The fourth-order valence-electron chi connectivity index (χ4n) is 2.28. The van der Waals surface area contributed by atoms with E-state index in [4.69, 9.17) is 0 Å². The zero-order valence-corrected chi connectivity index (χ0v) is 11.4. The van der Waals surface area contributed by atoms with E-state index < -0.39 is 0 Å². The number of anilines is 1. The summed E-state index contributed by atoms with van der Waals surface area (Å²) < 4.78 is 0. The van der Waals surface area contributed by atoms with Crippen LogP contribution in [0.3, 0.4) is 0 Å². The van der Waals surface area contributed by atoms with E-state index in [9.17, 15) is 0 Å². The third-order valence-corrected chi connectivity index (χ3v) is 3.37. The van der Waals surface area contributed by atoms with Crippen LogP contribution in [0.1, 0.15) is 20.3 Å². The molecule has 1 nitrogen and oxygen atoms in total. The molecule has 0 spiro atoms. The van der Waals surface area contributed by atoms with Gasteiger partial charge in [0.15, 0.2) is 0 Å². The van der Waals surface area contributed by atoms with E-state index in [1.807, 2.05) is 0 Å². The zero-order valence-electron chi connectivity index (χ0n) is 11.4. The molecule has 18 heavy (non-hydrogen) atoms. The van der Waals surface area contributed by atoms with Crippen molar-refractivity contribution in [1.29, 1.82) is 0 Å². The first-order valence-electron chi connectivity index (χ1n) is 6.55. The molecule has 0 saturated carbocycles. The van der Waals surface area contributed by atoms with Crippen LogP contribution < -0.4 is 4.90 Å². The molecule has 0 unspecified atom stereocenters. The van der Waals surface area contributed by atoms with Crippen LogP contribution in [-0.4, -0.2) is 7.05 Å². The van der Waals surface area contributed by atoms with Gasteiger partial charge in [0, 0.05) is 18.4 Å². The molecule has 1 aliphatic carbocycles. The van der Waals surface area contributed by atoms with Crippen molar-refractivity contribution in [3.8, 4) is 0 Å². The third-order valence-electron chi connectivity index (χ3n) is 3.37. The summed E-state index contributed by atoms with van der Waals surface area (Å²) in [6.45, 7) is 4.53. The summed E-state index contributed by atoms with van der Waals surface area (Å²) >= 11 is 0. The normalized spacial score (nSPS) is 15.1. The number of allylic oxidation sites excluding steroid dienone is 5. The van der Waals surface area contributed by atoms with Crippen LogP contribution in [0.25, 0.3) is 0 Å². The van der Waals surface area contributed by atoms with Gasteiger partial charge in [-0.2, -0.15) is 0 Å². The Hall–Kier alpha value is -1.76. The molecule has 0 bridgehead atoms. The van der Waals surface area contributed by atoms with Gasteiger partial charge in [-0.05, 0) is 36.1 Å². The lowest BCUT2D eigenvalue weighted by molar-refractivity contribution is 0.733. The van der Waals surface area contributed by atoms with Crippen molar-refractivity contribution in [3.63, 3.8) is 0 Å². The van der Waals surface area contributed by atoms with Crippen LogP contribution in [0.4, 0.5) is 5.69 Å². The molecule has 0 aromatic heterocycles. The molecule has 0 saturated heterocycles. The van der Waals surface area contributed by atoms with E-state index in [2.05, 4.69) is 80.4 Å². The molecule has 1 aliphatic rings. The Morgan fingerprint density at radius 1 is 1.06 bits per heavy atom. The van der Waals surface area contributed by atoms with Gasteiger partial charge in [0.1, 0.15) is 0 Å². The van der Waals surface area contributed by atoms with Gasteiger partial charge in [0.2, 0.25) is 0 Å². The van der Waals surface area contributed by atoms with E-state index in [0.717, 1.165) is 6.42 Å². The fourth-order valence-corrected chi connectivity index (χ4v) is 2.28. The van der Waals surface area contributed by atoms with Crippen molar-refractivity contribution in [3.05, 3.63) is 65.9 Å². The Morgan fingerprint density at radius 2 is 1.78 bits per heavy atom. The Bertz CT molecular complexity index is 478. The number of nitrogens with zero attached hydrogens (tertiary/aromatic N) is 1. The zero-order chi connectivity index (χ0) is 13.0. The minimum Gasteiger partial charge on any atom is -0.345 e. The molecular formula is C17H21N. The van der Waals surface area contributed by atoms with Crippen LogP contribution in [0.15, 0.2) is 65.9 Å². The van der Waals surface area contributed by atoms with Gasteiger partial charge in [-0.3, -0.25) is 0 Å². The number of hydrogen-bond donors (Lipinski definition) is 0. The van der Waals surface area contributed by atoms with Gasteiger partial charge in [-0.1, -0.05) is 50.3 Å². The van der Waals surface area contributed by atoms with Crippen molar-refractivity contribution >= 4 is 5.69 Å². The molecule has 0 amide bonds. The second-order valence-electron chi connectivity index (χ2n) is 4.95. The van der Waals surface area contributed by atoms with Crippen molar-refractivity contribution in [1.82, 2.24) is 0 Å². The van der Waals surface area contributed by atoms with E-state index in [0.29, 0.717) is 5.92 Å². The van der Waals surface area contributed by atoms with E-state index in [1.54, 1.807) is 0 Å². The largest absolute Gasteiger partial charge is 0.345 e. The highest BCUT2D eigenvalue weighted by Crippen LogP contribution is 2.27. The highest BCUT2D eigenvalue weighted by molar-refractivity contribution is 5.55. The highest BCUT2D eigenvalue weighted by atomic mass is 15.1. The molecule has 1 aromatic rings. The van der Waals surface area contributed by atoms with Crippen LogP contribution >= 0.6 is 0 Å². The Balaban J connectivity index is 2.40. The molecule has 94 valence electrons. The maximum absolute atomic E-state index is 2.28. The summed E-state index contributed by atoms with van der Waals surface area (Å²) in [7, 11) is 2.14. The maximum atomic E-state index is 2.28. The molecule has 2 rings (SSSR count). The second kappa shape index (κ2) is 5.72. The monoisotopic (exact) mass is 239 g/mol. The van der Waals surface area contributed by atoms with Gasteiger partial charge >= 0.3 is 0 Å². The van der Waals surface area contributed by atoms with Crippen LogP contribution in [0.2, 0.25) is 0 Å². The molecule has 0 heterocycles. The van der Waals surface area contributed by atoms with Crippen molar-refractivity contribution in [2.45, 2.75) is 20.3 Å². The fraction of sp³-hybridized carbons (Fsp3) is 0.294. The molecule has 1 aromatic carbocycles. The second-order valence-corrected chi connectivity index (χ2v) is 4.95. The number of rotatable bonds is 3. The summed E-state index contributed by atoms with van der Waals surface area (Å²) in [5.74, 6) is 0.568. The highest BCUT2D eigenvalue weighted by Gasteiger charge is 2.13. The van der Waals surface area contributed by atoms with Crippen molar-refractivity contribution < 1.29 is 0 Å². The van der Waals surface area contributed by atoms with Crippen LogP contribution in [0.5, 0.6) is 0 Å². The Kier molecular flexibility index (Phi) is 4.03. The predicted molar refractivity (Wildman–Crippen MR) is 79.6 cm³/mol. The first-order chi connectivity index (χ1) is 8.70. The van der Waals surface area contributed by atoms with Gasteiger partial charge < -0.3 is 4.90 Å². The van der Waals surface area contributed by atoms with E-state index in [1.165, 1.54) is 17.0 Å². The summed E-state index contributed by atoms with van der Waals surface area (Å²) in [6, 6.07) is 10.5. The first-order valence-corrected chi connectivity index (χ1v) is 6.55. The quantitative estimate of drug-likeness (QED) is 0.748. The SMILES string of the molecule is CC(C)C1=C(N(C)c2ccccc2)C=CC=CC1. The molecule has 0 radical (unpaired) electrons. The van der Waals surface area contributed by atoms with Gasteiger partial charge in [-0.15, -0.1) is 0 Å². The molecule has 0 fully saturated rings. The van der Waals surface area contributed by atoms with Crippen molar-refractivity contribution in [2.24, 2.45) is 5.92 Å². The maximum Gasteiger partial charge on any atom is 0.0408 e. The number of benzene rings is 1. The lowest BCUT2D eigenvalue weighted by Gasteiger charge is -2.25. The minimum absolute atomic E-state index is 0.568. The molecular weight excluding hydrogens is 218 g/mol. The topological polar surface area (TPSA) is 3.24 Å². The lowest BCUT2D eigenvalue weighted by atomic mass is 9.97. The average Bonchev–Trinajstić information content (AvgIpc) is 2.64. The minimum atomic E-state index is 0.568. The summed E-state index contributed by atoms with van der Waals surface area (Å²) in [5, 5.41) is 0. The summed E-state index contributed by atoms with van der Waals surface area (Å²) in [5.41, 5.74) is 4.05. The first kappa shape index (κ1) is 12.7. The predicted octanol–water partition coefficient (Wildman–Crippen LogP) is 4.55. The van der Waals surface area contributed by atoms with Gasteiger partial charge in [-0.25, -0.2) is 0 Å². The number of likely N-dealkylation sites (N-methyl/N-ethyl adjacent to an activating group) is 1.